The Morgan fingerprint density at radius 1 is 1.07 bits per heavy atom. The highest BCUT2D eigenvalue weighted by Crippen LogP contribution is 2.36. The molecular formula is C21H22FNO4. The lowest BCUT2D eigenvalue weighted by Crippen LogP contribution is -2.20. The van der Waals surface area contributed by atoms with E-state index in [0.29, 0.717) is 12.8 Å². The molecule has 0 heterocycles. The van der Waals surface area contributed by atoms with Gasteiger partial charge in [-0.25, -0.2) is 9.18 Å². The summed E-state index contributed by atoms with van der Waals surface area (Å²) < 4.78 is 19.5. The minimum Gasteiger partial charge on any atom is -0.481 e. The Balaban J connectivity index is 1.55. The number of amides is 1. The van der Waals surface area contributed by atoms with Gasteiger partial charge in [0.1, 0.15) is 12.4 Å². The van der Waals surface area contributed by atoms with E-state index in [-0.39, 0.29) is 24.1 Å². The zero-order chi connectivity index (χ0) is 19.2. The van der Waals surface area contributed by atoms with E-state index in [1.165, 1.54) is 12.1 Å². The third kappa shape index (κ3) is 5.06. The summed E-state index contributed by atoms with van der Waals surface area (Å²) in [6, 6.07) is 14.0. The van der Waals surface area contributed by atoms with Crippen LogP contribution in [0.3, 0.4) is 0 Å². The first-order chi connectivity index (χ1) is 13.0. The van der Waals surface area contributed by atoms with Gasteiger partial charge in [0.25, 0.3) is 0 Å². The lowest BCUT2D eigenvalue weighted by Gasteiger charge is -2.26. The van der Waals surface area contributed by atoms with Crippen molar-refractivity contribution in [3.05, 3.63) is 65.5 Å². The fourth-order valence-corrected chi connectivity index (χ4v) is 3.43. The van der Waals surface area contributed by atoms with Crippen LogP contribution in [0.25, 0.3) is 0 Å². The Labute approximate surface area is 157 Å². The number of nitrogens with one attached hydrogen (secondary N) is 1. The molecule has 5 nitrogen and oxygen atoms in total. The van der Waals surface area contributed by atoms with E-state index in [0.717, 1.165) is 24.0 Å². The molecule has 0 aromatic heterocycles. The zero-order valence-corrected chi connectivity index (χ0v) is 14.9. The van der Waals surface area contributed by atoms with Gasteiger partial charge in [-0.05, 0) is 54.9 Å². The van der Waals surface area contributed by atoms with Gasteiger partial charge in [0, 0.05) is 0 Å². The van der Waals surface area contributed by atoms with Crippen molar-refractivity contribution in [2.75, 3.05) is 5.32 Å². The van der Waals surface area contributed by atoms with Crippen LogP contribution in [-0.2, 0) is 16.1 Å². The summed E-state index contributed by atoms with van der Waals surface area (Å²) in [7, 11) is 0. The fourth-order valence-electron chi connectivity index (χ4n) is 3.43. The molecule has 27 heavy (non-hydrogen) atoms. The van der Waals surface area contributed by atoms with E-state index in [9.17, 15) is 14.0 Å². The number of carboxylic acid groups (broad SMARTS) is 1. The van der Waals surface area contributed by atoms with Gasteiger partial charge in [0.2, 0.25) is 0 Å². The van der Waals surface area contributed by atoms with Gasteiger partial charge in [0.15, 0.2) is 0 Å². The van der Waals surface area contributed by atoms with Gasteiger partial charge in [-0.2, -0.15) is 0 Å². The highest BCUT2D eigenvalue weighted by Gasteiger charge is 2.27. The number of aliphatic carboxylic acids is 1. The highest BCUT2D eigenvalue weighted by atomic mass is 19.1. The van der Waals surface area contributed by atoms with Crippen molar-refractivity contribution in [2.24, 2.45) is 5.92 Å². The van der Waals surface area contributed by atoms with Crippen molar-refractivity contribution in [2.45, 2.75) is 38.2 Å². The number of hydrogen-bond acceptors (Lipinski definition) is 3. The number of halogens is 1. The van der Waals surface area contributed by atoms with Crippen molar-refractivity contribution in [1.29, 1.82) is 0 Å². The summed E-state index contributed by atoms with van der Waals surface area (Å²) >= 11 is 0. The summed E-state index contributed by atoms with van der Waals surface area (Å²) in [6.45, 7) is 0.110. The van der Waals surface area contributed by atoms with Crippen molar-refractivity contribution in [1.82, 2.24) is 0 Å². The molecule has 142 valence electrons. The Hall–Kier alpha value is -2.89. The van der Waals surface area contributed by atoms with Crippen LogP contribution >= 0.6 is 0 Å². The molecule has 0 radical (unpaired) electrons. The number of carbonyl (C=O) groups excluding carboxylic acids is 1. The smallest absolute Gasteiger partial charge is 0.412 e. The van der Waals surface area contributed by atoms with Crippen LogP contribution in [-0.4, -0.2) is 17.2 Å². The summed E-state index contributed by atoms with van der Waals surface area (Å²) in [5.74, 6) is -1.43. The van der Waals surface area contributed by atoms with Crippen molar-refractivity contribution < 1.29 is 23.8 Å². The number of anilines is 1. The maximum absolute atomic E-state index is 14.4. The van der Waals surface area contributed by atoms with Crippen molar-refractivity contribution in [3.63, 3.8) is 0 Å². The Kier molecular flexibility index (Phi) is 6.06. The van der Waals surface area contributed by atoms with Gasteiger partial charge in [-0.1, -0.05) is 36.4 Å². The molecule has 0 aliphatic heterocycles. The van der Waals surface area contributed by atoms with Gasteiger partial charge in [-0.15, -0.1) is 0 Å². The van der Waals surface area contributed by atoms with E-state index in [1.54, 1.807) is 6.07 Å². The Morgan fingerprint density at radius 3 is 2.41 bits per heavy atom. The molecule has 1 saturated carbocycles. The molecule has 0 bridgehead atoms. The molecule has 0 spiro atoms. The zero-order valence-electron chi connectivity index (χ0n) is 14.9. The van der Waals surface area contributed by atoms with Crippen LogP contribution in [0.1, 0.15) is 42.7 Å². The minimum absolute atomic E-state index is 0.0658. The highest BCUT2D eigenvalue weighted by molar-refractivity contribution is 5.84. The quantitative estimate of drug-likeness (QED) is 0.781. The summed E-state index contributed by atoms with van der Waals surface area (Å²) in [5, 5.41) is 11.5. The first kappa shape index (κ1) is 18.9. The SMILES string of the molecule is O=C(Nc1ccc(C2CCC(C(=O)O)CC2)cc1F)OCc1ccccc1. The molecule has 6 heteroatoms. The molecule has 1 aliphatic rings. The van der Waals surface area contributed by atoms with Crippen LogP contribution in [0.5, 0.6) is 0 Å². The summed E-state index contributed by atoms with van der Waals surface area (Å²) in [4.78, 5) is 22.9. The monoisotopic (exact) mass is 371 g/mol. The third-order valence-electron chi connectivity index (χ3n) is 4.99. The molecule has 2 N–H and O–H groups in total. The number of hydrogen-bond donors (Lipinski definition) is 2. The topological polar surface area (TPSA) is 75.6 Å². The van der Waals surface area contributed by atoms with Crippen molar-refractivity contribution in [3.8, 4) is 0 Å². The number of ether oxygens (including phenoxy) is 1. The predicted molar refractivity (Wildman–Crippen MR) is 99.0 cm³/mol. The number of benzene rings is 2. The van der Waals surface area contributed by atoms with Gasteiger partial charge in [-0.3, -0.25) is 10.1 Å². The van der Waals surface area contributed by atoms with E-state index in [1.807, 2.05) is 30.3 Å². The summed E-state index contributed by atoms with van der Waals surface area (Å²) in [6.07, 6.45) is 1.94. The van der Waals surface area contributed by atoms with Crippen LogP contribution in [0.4, 0.5) is 14.9 Å². The number of rotatable bonds is 5. The molecule has 1 amide bonds. The van der Waals surface area contributed by atoms with Crippen LogP contribution in [0.15, 0.2) is 48.5 Å². The molecule has 1 fully saturated rings. The van der Waals surface area contributed by atoms with E-state index in [2.05, 4.69) is 5.32 Å². The molecule has 0 saturated heterocycles. The average Bonchev–Trinajstić information content (AvgIpc) is 2.69. The largest absolute Gasteiger partial charge is 0.481 e. The Bertz CT molecular complexity index is 801. The molecule has 0 unspecified atom stereocenters. The first-order valence-electron chi connectivity index (χ1n) is 9.03. The minimum atomic E-state index is -0.756. The first-order valence-corrected chi connectivity index (χ1v) is 9.03. The second-order valence-corrected chi connectivity index (χ2v) is 6.81. The van der Waals surface area contributed by atoms with Gasteiger partial charge < -0.3 is 9.84 Å². The van der Waals surface area contributed by atoms with Crippen molar-refractivity contribution >= 4 is 17.7 Å². The standard InChI is InChI=1S/C21H22FNO4/c22-18-12-17(15-6-8-16(9-7-15)20(24)25)10-11-19(18)23-21(26)27-13-14-4-2-1-3-5-14/h1-5,10-12,15-16H,6-9,13H2,(H,23,26)(H,24,25). The number of carbonyl (C=O) groups is 2. The second-order valence-electron chi connectivity index (χ2n) is 6.81. The maximum atomic E-state index is 14.4. The summed E-state index contributed by atoms with van der Waals surface area (Å²) in [5.41, 5.74) is 1.75. The Morgan fingerprint density at radius 2 is 1.78 bits per heavy atom. The van der Waals surface area contributed by atoms with Crippen LogP contribution in [0.2, 0.25) is 0 Å². The van der Waals surface area contributed by atoms with E-state index in [4.69, 9.17) is 9.84 Å². The molecule has 2 aromatic rings. The lowest BCUT2D eigenvalue weighted by molar-refractivity contribution is -0.142. The van der Waals surface area contributed by atoms with E-state index >= 15 is 0 Å². The van der Waals surface area contributed by atoms with Crippen LogP contribution < -0.4 is 5.32 Å². The normalized spacial score (nSPS) is 19.3. The predicted octanol–water partition coefficient (Wildman–Crippen LogP) is 4.93. The molecule has 0 atom stereocenters. The van der Waals surface area contributed by atoms with E-state index < -0.39 is 17.9 Å². The second kappa shape index (κ2) is 8.66. The fraction of sp³-hybridized carbons (Fsp3) is 0.333. The van der Waals surface area contributed by atoms with Gasteiger partial charge in [0.05, 0.1) is 11.6 Å². The molecule has 1 aliphatic carbocycles. The van der Waals surface area contributed by atoms with Crippen LogP contribution in [0, 0.1) is 11.7 Å². The molecule has 2 aromatic carbocycles. The third-order valence-corrected chi connectivity index (χ3v) is 4.99. The molecular weight excluding hydrogens is 349 g/mol. The number of carboxylic acids is 1. The molecule has 3 rings (SSSR count). The average molecular weight is 371 g/mol. The maximum Gasteiger partial charge on any atom is 0.412 e. The lowest BCUT2D eigenvalue weighted by atomic mass is 9.79. The van der Waals surface area contributed by atoms with Gasteiger partial charge >= 0.3 is 12.1 Å².